The van der Waals surface area contributed by atoms with Crippen LogP contribution in [0.3, 0.4) is 0 Å². The lowest BCUT2D eigenvalue weighted by atomic mass is 10.3. The van der Waals surface area contributed by atoms with Crippen LogP contribution in [0.4, 0.5) is 5.95 Å². The molecule has 1 aromatic carbocycles. The Balaban J connectivity index is 2.06. The van der Waals surface area contributed by atoms with E-state index in [1.165, 1.54) is 0 Å². The Morgan fingerprint density at radius 2 is 2.25 bits per heavy atom. The zero-order chi connectivity index (χ0) is 14.1. The number of para-hydroxylation sites is 1. The summed E-state index contributed by atoms with van der Waals surface area (Å²) in [6.45, 7) is 4.92. The molecular formula is C14H16N4O2. The highest BCUT2D eigenvalue weighted by Gasteiger charge is 2.13. The topological polar surface area (TPSA) is 79.1 Å². The third-order valence-corrected chi connectivity index (χ3v) is 3.07. The summed E-state index contributed by atoms with van der Waals surface area (Å²) in [6.07, 6.45) is 0. The minimum absolute atomic E-state index is 0.438. The lowest BCUT2D eigenvalue weighted by molar-refractivity contribution is 0.343. The van der Waals surface area contributed by atoms with Gasteiger partial charge in [-0.15, -0.1) is 0 Å². The number of rotatable bonds is 4. The molecule has 2 aromatic heterocycles. The Hall–Kier alpha value is -2.50. The van der Waals surface area contributed by atoms with Crippen molar-refractivity contribution in [3.05, 3.63) is 35.7 Å². The Labute approximate surface area is 116 Å². The summed E-state index contributed by atoms with van der Waals surface area (Å²) < 4.78 is 12.6. The number of ether oxygens (including phenoxy) is 1. The van der Waals surface area contributed by atoms with Crippen molar-refractivity contribution in [3.8, 4) is 5.75 Å². The van der Waals surface area contributed by atoms with E-state index in [0.717, 1.165) is 28.2 Å². The Morgan fingerprint density at radius 3 is 2.95 bits per heavy atom. The Kier molecular flexibility index (Phi) is 3.06. The molecule has 2 heterocycles. The smallest absolute Gasteiger partial charge is 0.201 e. The van der Waals surface area contributed by atoms with Crippen LogP contribution in [-0.2, 0) is 6.54 Å². The van der Waals surface area contributed by atoms with Crippen molar-refractivity contribution >= 4 is 17.0 Å². The summed E-state index contributed by atoms with van der Waals surface area (Å²) in [6, 6.07) is 7.67. The number of nitrogens with two attached hydrogens (primary N) is 1. The number of anilines is 1. The normalized spacial score (nSPS) is 11.1. The summed E-state index contributed by atoms with van der Waals surface area (Å²) in [5, 5.41) is 3.99. The van der Waals surface area contributed by atoms with E-state index in [0.29, 0.717) is 19.1 Å². The van der Waals surface area contributed by atoms with Gasteiger partial charge in [0.05, 0.1) is 18.7 Å². The molecular weight excluding hydrogens is 256 g/mol. The molecule has 6 heteroatoms. The largest absolute Gasteiger partial charge is 0.492 e. The quantitative estimate of drug-likeness (QED) is 0.788. The summed E-state index contributed by atoms with van der Waals surface area (Å²) >= 11 is 0. The van der Waals surface area contributed by atoms with Crippen molar-refractivity contribution in [2.24, 2.45) is 0 Å². The molecule has 0 saturated carbocycles. The van der Waals surface area contributed by atoms with E-state index in [1.807, 2.05) is 42.7 Å². The summed E-state index contributed by atoms with van der Waals surface area (Å²) in [4.78, 5) is 4.39. The van der Waals surface area contributed by atoms with E-state index in [2.05, 4.69) is 10.1 Å². The second kappa shape index (κ2) is 4.88. The molecule has 0 aliphatic rings. The van der Waals surface area contributed by atoms with Gasteiger partial charge in [0.15, 0.2) is 0 Å². The zero-order valence-electron chi connectivity index (χ0n) is 11.5. The molecule has 0 unspecified atom stereocenters. The molecule has 0 bridgehead atoms. The van der Waals surface area contributed by atoms with Crippen molar-refractivity contribution < 1.29 is 9.26 Å². The average Bonchev–Trinajstić information content (AvgIpc) is 2.97. The minimum atomic E-state index is 0.438. The van der Waals surface area contributed by atoms with Crippen molar-refractivity contribution in [1.82, 2.24) is 14.7 Å². The standard InChI is InChI=1S/C14H16N4O2/c1-3-19-12-6-4-5-11-13(12)16-14(15)18(11)8-10-7-9(2)20-17-10/h4-7H,3,8H2,1-2H3,(H2,15,16). The van der Waals surface area contributed by atoms with Crippen LogP contribution in [0.1, 0.15) is 18.4 Å². The molecule has 3 aromatic rings. The number of benzene rings is 1. The fraction of sp³-hybridized carbons (Fsp3) is 0.286. The molecule has 0 spiro atoms. The molecule has 0 amide bonds. The van der Waals surface area contributed by atoms with Crippen LogP contribution in [0.15, 0.2) is 28.8 Å². The fourth-order valence-electron chi connectivity index (χ4n) is 2.23. The zero-order valence-corrected chi connectivity index (χ0v) is 11.5. The van der Waals surface area contributed by atoms with Gasteiger partial charge < -0.3 is 19.6 Å². The van der Waals surface area contributed by atoms with E-state index >= 15 is 0 Å². The molecule has 6 nitrogen and oxygen atoms in total. The maximum absolute atomic E-state index is 6.01. The van der Waals surface area contributed by atoms with Gasteiger partial charge in [-0.05, 0) is 26.0 Å². The Bertz CT molecular complexity index is 745. The van der Waals surface area contributed by atoms with E-state index in [-0.39, 0.29) is 0 Å². The van der Waals surface area contributed by atoms with Crippen molar-refractivity contribution in [1.29, 1.82) is 0 Å². The predicted octanol–water partition coefficient (Wildman–Crippen LogP) is 2.36. The van der Waals surface area contributed by atoms with Crippen molar-refractivity contribution in [2.45, 2.75) is 20.4 Å². The van der Waals surface area contributed by atoms with Crippen LogP contribution < -0.4 is 10.5 Å². The highest BCUT2D eigenvalue weighted by atomic mass is 16.5. The molecule has 0 aliphatic heterocycles. The number of nitrogen functional groups attached to an aromatic ring is 1. The van der Waals surface area contributed by atoms with E-state index in [1.54, 1.807) is 0 Å². The lowest BCUT2D eigenvalue weighted by Gasteiger charge is -2.05. The number of hydrogen-bond acceptors (Lipinski definition) is 5. The first-order valence-corrected chi connectivity index (χ1v) is 6.48. The van der Waals surface area contributed by atoms with Gasteiger partial charge >= 0.3 is 0 Å². The average molecular weight is 272 g/mol. The van der Waals surface area contributed by atoms with Crippen LogP contribution in [0.2, 0.25) is 0 Å². The maximum atomic E-state index is 6.01. The number of imidazole rings is 1. The first-order chi connectivity index (χ1) is 9.69. The second-order valence-corrected chi connectivity index (χ2v) is 4.54. The summed E-state index contributed by atoms with van der Waals surface area (Å²) in [5.74, 6) is 1.96. The molecule has 0 radical (unpaired) electrons. The monoisotopic (exact) mass is 272 g/mol. The Morgan fingerprint density at radius 1 is 1.40 bits per heavy atom. The predicted molar refractivity (Wildman–Crippen MR) is 75.7 cm³/mol. The molecule has 0 aliphatic carbocycles. The summed E-state index contributed by atoms with van der Waals surface area (Å²) in [5.41, 5.74) is 8.52. The van der Waals surface area contributed by atoms with Gasteiger partial charge in [-0.1, -0.05) is 11.2 Å². The number of fused-ring (bicyclic) bond motifs is 1. The van der Waals surface area contributed by atoms with Gasteiger partial charge in [-0.25, -0.2) is 4.98 Å². The van der Waals surface area contributed by atoms with Gasteiger partial charge in [0.25, 0.3) is 0 Å². The number of hydrogen-bond donors (Lipinski definition) is 1. The van der Waals surface area contributed by atoms with Crippen molar-refractivity contribution in [3.63, 3.8) is 0 Å². The molecule has 20 heavy (non-hydrogen) atoms. The van der Waals surface area contributed by atoms with Crippen LogP contribution in [0.5, 0.6) is 5.75 Å². The maximum Gasteiger partial charge on any atom is 0.201 e. The number of nitrogens with zero attached hydrogens (tertiary/aromatic N) is 3. The van der Waals surface area contributed by atoms with Gasteiger partial charge in [-0.2, -0.15) is 0 Å². The highest BCUT2D eigenvalue weighted by molar-refractivity contribution is 5.84. The molecule has 2 N–H and O–H groups in total. The van der Waals surface area contributed by atoms with Crippen molar-refractivity contribution in [2.75, 3.05) is 12.3 Å². The van der Waals surface area contributed by atoms with E-state index in [9.17, 15) is 0 Å². The summed E-state index contributed by atoms with van der Waals surface area (Å²) in [7, 11) is 0. The lowest BCUT2D eigenvalue weighted by Crippen LogP contribution is -2.04. The van der Waals surface area contributed by atoms with Crippen LogP contribution in [0.25, 0.3) is 11.0 Å². The third kappa shape index (κ3) is 2.09. The molecule has 104 valence electrons. The van der Waals surface area contributed by atoms with Gasteiger partial charge in [0, 0.05) is 6.07 Å². The number of aromatic nitrogens is 3. The van der Waals surface area contributed by atoms with Crippen LogP contribution in [-0.4, -0.2) is 21.3 Å². The second-order valence-electron chi connectivity index (χ2n) is 4.54. The van der Waals surface area contributed by atoms with E-state index < -0.39 is 0 Å². The SMILES string of the molecule is CCOc1cccc2c1nc(N)n2Cc1cc(C)on1. The van der Waals surface area contributed by atoms with Gasteiger partial charge in [-0.3, -0.25) is 0 Å². The van der Waals surface area contributed by atoms with Crippen LogP contribution >= 0.6 is 0 Å². The third-order valence-electron chi connectivity index (χ3n) is 3.07. The molecule has 0 saturated heterocycles. The van der Waals surface area contributed by atoms with Gasteiger partial charge in [0.2, 0.25) is 5.95 Å². The van der Waals surface area contributed by atoms with Gasteiger partial charge in [0.1, 0.15) is 22.7 Å². The first-order valence-electron chi connectivity index (χ1n) is 6.48. The highest BCUT2D eigenvalue weighted by Crippen LogP contribution is 2.27. The minimum Gasteiger partial charge on any atom is -0.492 e. The molecule has 0 fully saturated rings. The van der Waals surface area contributed by atoms with E-state index in [4.69, 9.17) is 15.0 Å². The molecule has 3 rings (SSSR count). The fourth-order valence-corrected chi connectivity index (χ4v) is 2.23. The number of aryl methyl sites for hydroxylation is 1. The molecule has 0 atom stereocenters. The first kappa shape index (κ1) is 12.5. The van der Waals surface area contributed by atoms with Crippen LogP contribution in [0, 0.1) is 6.92 Å².